The highest BCUT2D eigenvalue weighted by Gasteiger charge is 2.28. The van der Waals surface area contributed by atoms with Gasteiger partial charge in [-0.2, -0.15) is 0 Å². The van der Waals surface area contributed by atoms with Crippen LogP contribution in [-0.4, -0.2) is 36.5 Å². The SMILES string of the molecule is CC1CCN(C(=O)CCOc2ccccc2Br)C(CN)C1.Cl. The Balaban J connectivity index is 0.00000242. The lowest BCUT2D eigenvalue weighted by Crippen LogP contribution is -2.49. The number of ether oxygens (including phenoxy) is 1. The second-order valence-corrected chi connectivity index (χ2v) is 6.49. The molecule has 0 bridgehead atoms. The van der Waals surface area contributed by atoms with Gasteiger partial charge in [-0.15, -0.1) is 12.4 Å². The summed E-state index contributed by atoms with van der Waals surface area (Å²) in [5.74, 6) is 1.57. The predicted molar refractivity (Wildman–Crippen MR) is 94.5 cm³/mol. The van der Waals surface area contributed by atoms with Crippen molar-refractivity contribution in [3.8, 4) is 5.75 Å². The zero-order chi connectivity index (χ0) is 15.2. The van der Waals surface area contributed by atoms with Crippen molar-refractivity contribution in [2.24, 2.45) is 11.7 Å². The van der Waals surface area contributed by atoms with Crippen molar-refractivity contribution >= 4 is 34.2 Å². The molecule has 0 spiro atoms. The third-order valence-electron chi connectivity index (χ3n) is 3.98. The molecule has 4 nitrogen and oxygen atoms in total. The quantitative estimate of drug-likeness (QED) is 0.838. The molecule has 1 aliphatic rings. The van der Waals surface area contributed by atoms with E-state index in [4.69, 9.17) is 10.5 Å². The van der Waals surface area contributed by atoms with E-state index in [1.54, 1.807) is 0 Å². The first kappa shape index (κ1) is 19.3. The van der Waals surface area contributed by atoms with E-state index in [0.717, 1.165) is 29.6 Å². The third-order valence-corrected chi connectivity index (χ3v) is 4.64. The summed E-state index contributed by atoms with van der Waals surface area (Å²) in [5, 5.41) is 0. The number of halogens is 2. The van der Waals surface area contributed by atoms with Crippen LogP contribution in [0.5, 0.6) is 5.75 Å². The summed E-state index contributed by atoms with van der Waals surface area (Å²) in [5.41, 5.74) is 5.80. The lowest BCUT2D eigenvalue weighted by Gasteiger charge is -2.38. The number of likely N-dealkylation sites (tertiary alicyclic amines) is 1. The summed E-state index contributed by atoms with van der Waals surface area (Å²) in [6.45, 7) is 3.98. The minimum atomic E-state index is 0. The average molecular weight is 392 g/mol. The number of hydrogen-bond acceptors (Lipinski definition) is 3. The molecule has 1 heterocycles. The number of carbonyl (C=O) groups is 1. The van der Waals surface area contributed by atoms with Gasteiger partial charge in [0, 0.05) is 19.1 Å². The number of hydrogen-bond donors (Lipinski definition) is 1. The van der Waals surface area contributed by atoms with Crippen molar-refractivity contribution in [3.05, 3.63) is 28.7 Å². The minimum absolute atomic E-state index is 0. The van der Waals surface area contributed by atoms with Crippen LogP contribution in [0.4, 0.5) is 0 Å². The fraction of sp³-hybridized carbons (Fsp3) is 0.562. The minimum Gasteiger partial charge on any atom is -0.492 e. The van der Waals surface area contributed by atoms with Crippen LogP contribution in [0.25, 0.3) is 0 Å². The molecule has 0 saturated carbocycles. The first-order valence-corrected chi connectivity index (χ1v) is 8.28. The van der Waals surface area contributed by atoms with Crippen LogP contribution in [0.15, 0.2) is 28.7 Å². The Labute approximate surface area is 146 Å². The third kappa shape index (κ3) is 5.14. The second kappa shape index (κ2) is 9.38. The van der Waals surface area contributed by atoms with Gasteiger partial charge in [-0.3, -0.25) is 4.79 Å². The Bertz CT molecular complexity index is 487. The van der Waals surface area contributed by atoms with E-state index in [1.807, 2.05) is 29.2 Å². The molecule has 0 aliphatic carbocycles. The number of nitrogens with zero attached hydrogens (tertiary/aromatic N) is 1. The molecule has 1 amide bonds. The van der Waals surface area contributed by atoms with E-state index < -0.39 is 0 Å². The first-order valence-electron chi connectivity index (χ1n) is 7.48. The molecule has 0 radical (unpaired) electrons. The van der Waals surface area contributed by atoms with E-state index in [2.05, 4.69) is 22.9 Å². The maximum Gasteiger partial charge on any atom is 0.226 e. The van der Waals surface area contributed by atoms with Gasteiger partial charge in [0.15, 0.2) is 0 Å². The zero-order valence-corrected chi connectivity index (χ0v) is 15.2. The molecular weight excluding hydrogens is 368 g/mol. The van der Waals surface area contributed by atoms with Gasteiger partial charge in [0.2, 0.25) is 5.91 Å². The van der Waals surface area contributed by atoms with Crippen molar-refractivity contribution in [2.75, 3.05) is 19.7 Å². The fourth-order valence-electron chi connectivity index (χ4n) is 2.76. The number of benzene rings is 1. The van der Waals surface area contributed by atoms with Gasteiger partial charge in [-0.1, -0.05) is 19.1 Å². The van der Waals surface area contributed by atoms with E-state index >= 15 is 0 Å². The standard InChI is InChI=1S/C16H23BrN2O2.ClH/c1-12-6-8-19(13(10-12)11-18)16(20)7-9-21-15-5-3-2-4-14(15)17;/h2-5,12-13H,6-11,18H2,1H3;1H. The van der Waals surface area contributed by atoms with E-state index in [-0.39, 0.29) is 24.4 Å². The number of carbonyl (C=O) groups excluding carboxylic acids is 1. The summed E-state index contributed by atoms with van der Waals surface area (Å²) in [6.07, 6.45) is 2.47. The number of para-hydroxylation sites is 1. The second-order valence-electron chi connectivity index (χ2n) is 5.64. The van der Waals surface area contributed by atoms with Crippen molar-refractivity contribution in [1.82, 2.24) is 4.90 Å². The monoisotopic (exact) mass is 390 g/mol. The molecule has 0 aromatic heterocycles. The summed E-state index contributed by atoms with van der Waals surface area (Å²) < 4.78 is 6.57. The molecule has 2 atom stereocenters. The van der Waals surface area contributed by atoms with Crippen LogP contribution in [0.3, 0.4) is 0 Å². The number of amides is 1. The lowest BCUT2D eigenvalue weighted by atomic mass is 9.92. The predicted octanol–water partition coefficient (Wildman–Crippen LogP) is 3.23. The summed E-state index contributed by atoms with van der Waals surface area (Å²) in [6, 6.07) is 7.85. The van der Waals surface area contributed by atoms with Gasteiger partial charge in [-0.05, 0) is 46.8 Å². The van der Waals surface area contributed by atoms with Crippen LogP contribution in [0.1, 0.15) is 26.2 Å². The number of rotatable bonds is 5. The van der Waals surface area contributed by atoms with Crippen LogP contribution < -0.4 is 10.5 Å². The molecule has 1 fully saturated rings. The van der Waals surface area contributed by atoms with E-state index in [1.165, 1.54) is 0 Å². The molecule has 2 unspecified atom stereocenters. The molecule has 1 saturated heterocycles. The molecule has 1 aliphatic heterocycles. The molecule has 2 N–H and O–H groups in total. The molecule has 6 heteroatoms. The normalized spacial score (nSPS) is 21.1. The molecular formula is C16H24BrClN2O2. The van der Waals surface area contributed by atoms with E-state index in [0.29, 0.717) is 25.5 Å². The topological polar surface area (TPSA) is 55.6 Å². The maximum atomic E-state index is 12.3. The van der Waals surface area contributed by atoms with Crippen LogP contribution >= 0.6 is 28.3 Å². The Morgan fingerprint density at radius 2 is 2.18 bits per heavy atom. The Hall–Kier alpha value is -0.780. The summed E-state index contributed by atoms with van der Waals surface area (Å²) in [7, 11) is 0. The van der Waals surface area contributed by atoms with Crippen LogP contribution in [0.2, 0.25) is 0 Å². The summed E-state index contributed by atoms with van der Waals surface area (Å²) >= 11 is 3.43. The van der Waals surface area contributed by atoms with Gasteiger partial charge in [0.05, 0.1) is 17.5 Å². The molecule has 124 valence electrons. The number of piperidine rings is 1. The summed E-state index contributed by atoms with van der Waals surface area (Å²) in [4.78, 5) is 14.3. The largest absolute Gasteiger partial charge is 0.492 e. The fourth-order valence-corrected chi connectivity index (χ4v) is 3.16. The highest BCUT2D eigenvalue weighted by atomic mass is 79.9. The van der Waals surface area contributed by atoms with Crippen molar-refractivity contribution in [2.45, 2.75) is 32.2 Å². The lowest BCUT2D eigenvalue weighted by molar-refractivity contribution is -0.135. The Morgan fingerprint density at radius 1 is 1.45 bits per heavy atom. The van der Waals surface area contributed by atoms with Crippen LogP contribution in [0, 0.1) is 5.92 Å². The van der Waals surface area contributed by atoms with Crippen molar-refractivity contribution < 1.29 is 9.53 Å². The van der Waals surface area contributed by atoms with E-state index in [9.17, 15) is 4.79 Å². The van der Waals surface area contributed by atoms with Gasteiger partial charge in [-0.25, -0.2) is 0 Å². The zero-order valence-electron chi connectivity index (χ0n) is 12.8. The highest BCUT2D eigenvalue weighted by Crippen LogP contribution is 2.25. The molecule has 22 heavy (non-hydrogen) atoms. The Kier molecular flexibility index (Phi) is 8.21. The molecule has 2 rings (SSSR count). The first-order chi connectivity index (χ1) is 10.1. The molecule has 1 aromatic carbocycles. The molecule has 1 aromatic rings. The maximum absolute atomic E-state index is 12.3. The smallest absolute Gasteiger partial charge is 0.226 e. The Morgan fingerprint density at radius 3 is 2.86 bits per heavy atom. The average Bonchev–Trinajstić information content (AvgIpc) is 2.48. The van der Waals surface area contributed by atoms with Crippen molar-refractivity contribution in [3.63, 3.8) is 0 Å². The van der Waals surface area contributed by atoms with Gasteiger partial charge < -0.3 is 15.4 Å². The van der Waals surface area contributed by atoms with Crippen molar-refractivity contribution in [1.29, 1.82) is 0 Å². The number of nitrogens with two attached hydrogens (primary N) is 1. The van der Waals surface area contributed by atoms with Gasteiger partial charge in [0.1, 0.15) is 5.75 Å². The van der Waals surface area contributed by atoms with Crippen LogP contribution in [-0.2, 0) is 4.79 Å². The highest BCUT2D eigenvalue weighted by molar-refractivity contribution is 9.10. The van der Waals surface area contributed by atoms with Gasteiger partial charge >= 0.3 is 0 Å². The van der Waals surface area contributed by atoms with Gasteiger partial charge in [0.25, 0.3) is 0 Å².